The molecule has 5 nitrogen and oxygen atoms in total. The van der Waals surface area contributed by atoms with Crippen LogP contribution in [0, 0.1) is 0 Å². The third-order valence-corrected chi connectivity index (χ3v) is 12.8. The van der Waals surface area contributed by atoms with Crippen molar-refractivity contribution in [1.82, 2.24) is 19.9 Å². The average Bonchev–Trinajstić information content (AvgIpc) is 3.85. The Kier molecular flexibility index (Phi) is 7.45. The van der Waals surface area contributed by atoms with Crippen LogP contribution in [0.25, 0.3) is 101 Å². The standard InChI is InChI=1S/C57H34N4O/c1-3-15-35(16-4-1)49-32-50(38-33-58-55(59-34-38)36-17-5-2-6-18-36)61-56(60-49)37-27-28-42-40-20-8-7-19-39(40)41-21-9-12-24-45(41)57(48(42)31-37)46-25-13-10-22-43(46)53-47(57)29-30-52-54(53)44-23-11-14-26-51(44)62-52/h1-34H. The fraction of sp³-hybridized carbons (Fsp3) is 0.0175. The van der Waals surface area contributed by atoms with E-state index >= 15 is 0 Å². The predicted molar refractivity (Wildman–Crippen MR) is 248 cm³/mol. The highest BCUT2D eigenvalue weighted by Crippen LogP contribution is 2.63. The number of hydrogen-bond donors (Lipinski definition) is 0. The number of para-hydroxylation sites is 1. The molecule has 2 aliphatic carbocycles. The molecule has 3 aromatic heterocycles. The van der Waals surface area contributed by atoms with Gasteiger partial charge in [0, 0.05) is 45.4 Å². The minimum absolute atomic E-state index is 0.625. The van der Waals surface area contributed by atoms with Gasteiger partial charge in [-0.2, -0.15) is 0 Å². The van der Waals surface area contributed by atoms with Crippen molar-refractivity contribution in [3.63, 3.8) is 0 Å². The second-order valence-electron chi connectivity index (χ2n) is 16.1. The van der Waals surface area contributed by atoms with Gasteiger partial charge in [0.05, 0.1) is 16.8 Å². The lowest BCUT2D eigenvalue weighted by atomic mass is 9.65. The van der Waals surface area contributed by atoms with Crippen LogP contribution in [-0.2, 0) is 5.41 Å². The smallest absolute Gasteiger partial charge is 0.160 e. The van der Waals surface area contributed by atoms with Gasteiger partial charge in [0.2, 0.25) is 0 Å². The van der Waals surface area contributed by atoms with Gasteiger partial charge in [0.1, 0.15) is 11.2 Å². The van der Waals surface area contributed by atoms with Gasteiger partial charge in [-0.15, -0.1) is 0 Å². The molecule has 288 valence electrons. The zero-order valence-electron chi connectivity index (χ0n) is 33.3. The molecule has 0 fully saturated rings. The summed E-state index contributed by atoms with van der Waals surface area (Å²) in [5.41, 5.74) is 18.4. The Morgan fingerprint density at radius 1 is 0.355 bits per heavy atom. The normalized spacial score (nSPS) is 14.5. The van der Waals surface area contributed by atoms with Gasteiger partial charge < -0.3 is 4.42 Å². The van der Waals surface area contributed by atoms with Crippen LogP contribution >= 0.6 is 0 Å². The fourth-order valence-electron chi connectivity index (χ4n) is 10.2. The summed E-state index contributed by atoms with van der Waals surface area (Å²) in [7, 11) is 0. The molecule has 2 aliphatic rings. The Morgan fingerprint density at radius 2 is 0.935 bits per heavy atom. The zero-order chi connectivity index (χ0) is 40.8. The van der Waals surface area contributed by atoms with Crippen LogP contribution in [0.1, 0.15) is 22.3 Å². The molecule has 8 aromatic carbocycles. The summed E-state index contributed by atoms with van der Waals surface area (Å²) < 4.78 is 6.56. The first-order valence-electron chi connectivity index (χ1n) is 21.0. The third-order valence-electron chi connectivity index (χ3n) is 12.8. The second-order valence-corrected chi connectivity index (χ2v) is 16.1. The zero-order valence-corrected chi connectivity index (χ0v) is 33.3. The summed E-state index contributed by atoms with van der Waals surface area (Å²) in [5, 5.41) is 2.26. The van der Waals surface area contributed by atoms with Gasteiger partial charge in [-0.25, -0.2) is 19.9 Å². The fourth-order valence-corrected chi connectivity index (χ4v) is 10.2. The molecule has 0 bridgehead atoms. The monoisotopic (exact) mass is 790 g/mol. The Bertz CT molecular complexity index is 3580. The van der Waals surface area contributed by atoms with Crippen molar-refractivity contribution in [3.8, 4) is 78.7 Å². The topological polar surface area (TPSA) is 64.7 Å². The number of rotatable bonds is 4. The Hall–Kier alpha value is -8.28. The van der Waals surface area contributed by atoms with Crippen molar-refractivity contribution in [1.29, 1.82) is 0 Å². The summed E-state index contributed by atoms with van der Waals surface area (Å²) >= 11 is 0. The summed E-state index contributed by atoms with van der Waals surface area (Å²) in [6.07, 6.45) is 3.73. The van der Waals surface area contributed by atoms with E-state index < -0.39 is 5.41 Å². The molecule has 0 saturated carbocycles. The number of aromatic nitrogens is 4. The van der Waals surface area contributed by atoms with E-state index in [0.29, 0.717) is 11.6 Å². The first-order chi connectivity index (χ1) is 30.7. The molecule has 0 N–H and O–H groups in total. The summed E-state index contributed by atoms with van der Waals surface area (Å²) in [6, 6.07) is 68.9. The summed E-state index contributed by atoms with van der Waals surface area (Å²) in [6.45, 7) is 0. The van der Waals surface area contributed by atoms with Gasteiger partial charge in [-0.3, -0.25) is 0 Å². The SMILES string of the molecule is c1ccc(-c2cc(-c3cnc(-c4ccccc4)nc3)nc(-c3ccc4c(c3)C3(c5ccccc5-c5ccccc5-4)c4ccccc4-c4c3ccc3oc5ccccc5c43)n2)cc1. The third kappa shape index (κ3) is 4.96. The number of benzene rings is 8. The van der Waals surface area contributed by atoms with Crippen LogP contribution in [0.4, 0.5) is 0 Å². The lowest BCUT2D eigenvalue weighted by molar-refractivity contribution is 0.668. The Morgan fingerprint density at radius 3 is 1.68 bits per heavy atom. The lowest BCUT2D eigenvalue weighted by Crippen LogP contribution is -2.29. The largest absolute Gasteiger partial charge is 0.456 e. The van der Waals surface area contributed by atoms with E-state index in [-0.39, 0.29) is 0 Å². The van der Waals surface area contributed by atoms with Crippen LogP contribution < -0.4 is 0 Å². The molecule has 62 heavy (non-hydrogen) atoms. The predicted octanol–water partition coefficient (Wildman–Crippen LogP) is 13.8. The molecule has 0 saturated heterocycles. The number of hydrogen-bond acceptors (Lipinski definition) is 5. The van der Waals surface area contributed by atoms with E-state index in [1.807, 2.05) is 73.1 Å². The highest BCUT2D eigenvalue weighted by molar-refractivity contribution is 6.16. The molecule has 5 heteroatoms. The molecular formula is C57H34N4O. The molecular weight excluding hydrogens is 757 g/mol. The Balaban J connectivity index is 1.11. The molecule has 3 heterocycles. The van der Waals surface area contributed by atoms with Crippen molar-refractivity contribution in [2.24, 2.45) is 0 Å². The quantitative estimate of drug-likeness (QED) is 0.178. The average molecular weight is 791 g/mol. The van der Waals surface area contributed by atoms with Crippen molar-refractivity contribution in [2.75, 3.05) is 0 Å². The molecule has 11 aromatic rings. The van der Waals surface area contributed by atoms with E-state index in [9.17, 15) is 0 Å². The van der Waals surface area contributed by atoms with Crippen LogP contribution in [0.5, 0.6) is 0 Å². The maximum absolute atomic E-state index is 6.56. The number of furan rings is 1. The molecule has 0 aliphatic heterocycles. The molecule has 1 spiro atoms. The molecule has 0 radical (unpaired) electrons. The van der Waals surface area contributed by atoms with Crippen molar-refractivity contribution >= 4 is 21.9 Å². The summed E-state index contributed by atoms with van der Waals surface area (Å²) in [5.74, 6) is 1.29. The van der Waals surface area contributed by atoms with Gasteiger partial charge in [0.15, 0.2) is 11.6 Å². The van der Waals surface area contributed by atoms with Crippen molar-refractivity contribution in [2.45, 2.75) is 5.41 Å². The molecule has 1 unspecified atom stereocenters. The van der Waals surface area contributed by atoms with Crippen LogP contribution in [-0.4, -0.2) is 19.9 Å². The maximum Gasteiger partial charge on any atom is 0.160 e. The van der Waals surface area contributed by atoms with Gasteiger partial charge in [-0.1, -0.05) is 170 Å². The van der Waals surface area contributed by atoms with E-state index in [1.54, 1.807) is 0 Å². The Labute approximate surface area is 357 Å². The van der Waals surface area contributed by atoms with Crippen molar-refractivity contribution < 1.29 is 4.42 Å². The first kappa shape index (κ1) is 34.6. The first-order valence-corrected chi connectivity index (χ1v) is 21.0. The number of fused-ring (bicyclic) bond motifs is 16. The van der Waals surface area contributed by atoms with Crippen molar-refractivity contribution in [3.05, 3.63) is 229 Å². The van der Waals surface area contributed by atoms with Crippen LogP contribution in [0.2, 0.25) is 0 Å². The van der Waals surface area contributed by atoms with E-state index in [4.69, 9.17) is 24.4 Å². The lowest BCUT2D eigenvalue weighted by Gasteiger charge is -2.35. The van der Waals surface area contributed by atoms with E-state index in [2.05, 4.69) is 133 Å². The van der Waals surface area contributed by atoms with Gasteiger partial charge in [-0.05, 0) is 79.9 Å². The highest BCUT2D eigenvalue weighted by atomic mass is 16.3. The van der Waals surface area contributed by atoms with E-state index in [0.717, 1.165) is 55.6 Å². The second kappa shape index (κ2) is 13.4. The number of nitrogens with zero attached hydrogens (tertiary/aromatic N) is 4. The minimum atomic E-state index is -0.708. The maximum atomic E-state index is 6.56. The molecule has 1 atom stereocenters. The highest BCUT2D eigenvalue weighted by Gasteiger charge is 2.50. The van der Waals surface area contributed by atoms with Gasteiger partial charge >= 0.3 is 0 Å². The molecule has 0 amide bonds. The van der Waals surface area contributed by atoms with Crippen LogP contribution in [0.3, 0.4) is 0 Å². The van der Waals surface area contributed by atoms with Crippen LogP contribution in [0.15, 0.2) is 211 Å². The van der Waals surface area contributed by atoms with E-state index in [1.165, 1.54) is 55.6 Å². The van der Waals surface area contributed by atoms with Gasteiger partial charge in [0.25, 0.3) is 0 Å². The summed E-state index contributed by atoms with van der Waals surface area (Å²) in [4.78, 5) is 20.2. The minimum Gasteiger partial charge on any atom is -0.456 e. The molecule has 13 rings (SSSR count).